The summed E-state index contributed by atoms with van der Waals surface area (Å²) in [7, 11) is 0. The maximum absolute atomic E-state index is 12.5. The van der Waals surface area contributed by atoms with E-state index in [2.05, 4.69) is 10.3 Å². The van der Waals surface area contributed by atoms with E-state index in [9.17, 15) is 4.79 Å². The van der Waals surface area contributed by atoms with Gasteiger partial charge in [0.15, 0.2) is 5.13 Å². The predicted octanol–water partition coefficient (Wildman–Crippen LogP) is 4.26. The SMILES string of the molecule is Nc1nc(CCNC(=O)C[C@@H](c2ccccc2)c2ccccc2Cl)cs1. The van der Waals surface area contributed by atoms with Crippen LogP contribution in [0.2, 0.25) is 5.02 Å². The van der Waals surface area contributed by atoms with Gasteiger partial charge in [0.2, 0.25) is 5.91 Å². The number of nitrogens with zero attached hydrogens (tertiary/aromatic N) is 1. The Hall–Kier alpha value is -2.37. The summed E-state index contributed by atoms with van der Waals surface area (Å²) in [6.07, 6.45) is 1.01. The first kappa shape index (κ1) is 18.4. The molecular weight excluding hydrogens is 366 g/mol. The zero-order valence-electron chi connectivity index (χ0n) is 14.2. The van der Waals surface area contributed by atoms with E-state index in [4.69, 9.17) is 17.3 Å². The van der Waals surface area contributed by atoms with Crippen LogP contribution < -0.4 is 11.1 Å². The Morgan fingerprint density at radius 1 is 1.15 bits per heavy atom. The van der Waals surface area contributed by atoms with Crippen LogP contribution in [-0.2, 0) is 11.2 Å². The number of hydrogen-bond donors (Lipinski definition) is 2. The molecule has 0 aliphatic rings. The highest BCUT2D eigenvalue weighted by Crippen LogP contribution is 2.32. The lowest BCUT2D eigenvalue weighted by Gasteiger charge is -2.19. The number of aromatic nitrogens is 1. The second kappa shape index (κ2) is 8.83. The lowest BCUT2D eigenvalue weighted by atomic mass is 9.88. The maximum atomic E-state index is 12.5. The van der Waals surface area contributed by atoms with Crippen LogP contribution in [0.15, 0.2) is 60.0 Å². The van der Waals surface area contributed by atoms with Crippen molar-refractivity contribution in [1.82, 2.24) is 10.3 Å². The largest absolute Gasteiger partial charge is 0.375 e. The number of halogens is 1. The molecule has 2 aromatic carbocycles. The number of carbonyl (C=O) groups excluding carboxylic acids is 1. The average Bonchev–Trinajstić information content (AvgIpc) is 3.06. The third kappa shape index (κ3) is 4.84. The van der Waals surface area contributed by atoms with Crippen LogP contribution in [-0.4, -0.2) is 17.4 Å². The standard InChI is InChI=1S/C20H20ClN3OS/c21-18-9-5-4-8-16(18)17(14-6-2-1-3-7-14)12-19(25)23-11-10-15-13-26-20(22)24-15/h1-9,13,17H,10-12H2,(H2,22,24)(H,23,25)/t17-/m0/s1. The van der Waals surface area contributed by atoms with Crippen LogP contribution in [0.5, 0.6) is 0 Å². The Morgan fingerprint density at radius 3 is 2.58 bits per heavy atom. The highest BCUT2D eigenvalue weighted by atomic mass is 35.5. The van der Waals surface area contributed by atoms with Gasteiger partial charge in [-0.05, 0) is 17.2 Å². The van der Waals surface area contributed by atoms with Crippen molar-refractivity contribution in [1.29, 1.82) is 0 Å². The summed E-state index contributed by atoms with van der Waals surface area (Å²) >= 11 is 7.80. The molecule has 6 heteroatoms. The lowest BCUT2D eigenvalue weighted by molar-refractivity contribution is -0.121. The van der Waals surface area contributed by atoms with Crippen LogP contribution in [0.1, 0.15) is 29.2 Å². The highest BCUT2D eigenvalue weighted by molar-refractivity contribution is 7.13. The third-order valence-corrected chi connectivity index (χ3v) is 5.21. The number of benzene rings is 2. The second-order valence-corrected chi connectivity index (χ2v) is 7.26. The van der Waals surface area contributed by atoms with Crippen LogP contribution in [0.25, 0.3) is 0 Å². The van der Waals surface area contributed by atoms with Crippen LogP contribution in [0.4, 0.5) is 5.13 Å². The fraction of sp³-hybridized carbons (Fsp3) is 0.200. The molecule has 1 amide bonds. The molecule has 0 aliphatic heterocycles. The van der Waals surface area contributed by atoms with Crippen molar-refractivity contribution >= 4 is 34.0 Å². The number of amides is 1. The van der Waals surface area contributed by atoms with E-state index < -0.39 is 0 Å². The van der Waals surface area contributed by atoms with Gasteiger partial charge in [0.25, 0.3) is 0 Å². The second-order valence-electron chi connectivity index (χ2n) is 5.97. The fourth-order valence-electron chi connectivity index (χ4n) is 2.88. The summed E-state index contributed by atoms with van der Waals surface area (Å²) in [5, 5.41) is 6.11. The molecule has 3 aromatic rings. The molecule has 26 heavy (non-hydrogen) atoms. The van der Waals surface area contributed by atoms with Crippen LogP contribution >= 0.6 is 22.9 Å². The first-order chi connectivity index (χ1) is 12.6. The number of nitrogens with one attached hydrogen (secondary N) is 1. The molecule has 0 saturated heterocycles. The molecular formula is C20H20ClN3OS. The normalized spacial score (nSPS) is 11.9. The molecule has 1 aromatic heterocycles. The molecule has 0 saturated carbocycles. The first-order valence-corrected chi connectivity index (χ1v) is 9.65. The molecule has 4 nitrogen and oxygen atoms in total. The summed E-state index contributed by atoms with van der Waals surface area (Å²) in [4.78, 5) is 16.7. The van der Waals surface area contributed by atoms with Gasteiger partial charge in [-0.1, -0.05) is 60.1 Å². The van der Waals surface area contributed by atoms with Gasteiger partial charge in [-0.25, -0.2) is 4.98 Å². The molecule has 0 fully saturated rings. The number of nitrogen functional groups attached to an aromatic ring is 1. The van der Waals surface area contributed by atoms with Crippen LogP contribution in [0.3, 0.4) is 0 Å². The van der Waals surface area contributed by atoms with Crippen molar-refractivity contribution in [2.24, 2.45) is 0 Å². The van der Waals surface area contributed by atoms with Gasteiger partial charge in [-0.3, -0.25) is 4.79 Å². The maximum Gasteiger partial charge on any atom is 0.220 e. The fourth-order valence-corrected chi connectivity index (χ4v) is 3.74. The topological polar surface area (TPSA) is 68.0 Å². The van der Waals surface area contributed by atoms with E-state index in [1.165, 1.54) is 11.3 Å². The molecule has 0 aliphatic carbocycles. The third-order valence-electron chi connectivity index (χ3n) is 4.14. The van der Waals surface area contributed by atoms with Gasteiger partial charge in [0.1, 0.15) is 0 Å². The summed E-state index contributed by atoms with van der Waals surface area (Å²) in [6, 6.07) is 17.6. The minimum atomic E-state index is -0.0835. The van der Waals surface area contributed by atoms with Gasteiger partial charge in [-0.2, -0.15) is 0 Å². The zero-order valence-corrected chi connectivity index (χ0v) is 15.8. The number of carbonyl (C=O) groups is 1. The lowest BCUT2D eigenvalue weighted by Crippen LogP contribution is -2.27. The smallest absolute Gasteiger partial charge is 0.220 e. The summed E-state index contributed by atoms with van der Waals surface area (Å²) in [6.45, 7) is 0.534. The molecule has 0 unspecified atom stereocenters. The minimum Gasteiger partial charge on any atom is -0.375 e. The van der Waals surface area contributed by atoms with E-state index in [-0.39, 0.29) is 11.8 Å². The van der Waals surface area contributed by atoms with E-state index in [0.29, 0.717) is 29.5 Å². The Morgan fingerprint density at radius 2 is 1.88 bits per heavy atom. The summed E-state index contributed by atoms with van der Waals surface area (Å²) in [5.41, 5.74) is 8.56. The summed E-state index contributed by atoms with van der Waals surface area (Å²) < 4.78 is 0. The quantitative estimate of drug-likeness (QED) is 0.638. The monoisotopic (exact) mass is 385 g/mol. The van der Waals surface area contributed by atoms with Gasteiger partial charge >= 0.3 is 0 Å². The molecule has 1 heterocycles. The van der Waals surface area contributed by atoms with Crippen molar-refractivity contribution in [3.05, 3.63) is 81.8 Å². The van der Waals surface area contributed by atoms with E-state index in [0.717, 1.165) is 16.8 Å². The number of anilines is 1. The molecule has 0 bridgehead atoms. The molecule has 3 N–H and O–H groups in total. The van der Waals surface area contributed by atoms with Gasteiger partial charge in [-0.15, -0.1) is 11.3 Å². The number of rotatable bonds is 7. The number of hydrogen-bond acceptors (Lipinski definition) is 4. The Bertz CT molecular complexity index is 866. The molecule has 0 radical (unpaired) electrons. The Kier molecular flexibility index (Phi) is 6.26. The molecule has 134 valence electrons. The van der Waals surface area contributed by atoms with Crippen molar-refractivity contribution in [3.63, 3.8) is 0 Å². The number of thiazole rings is 1. The molecule has 0 spiro atoms. The van der Waals surface area contributed by atoms with Crippen molar-refractivity contribution < 1.29 is 4.79 Å². The van der Waals surface area contributed by atoms with Gasteiger partial charge in [0.05, 0.1) is 5.69 Å². The Balaban J connectivity index is 1.67. The zero-order chi connectivity index (χ0) is 18.4. The van der Waals surface area contributed by atoms with Crippen molar-refractivity contribution in [3.8, 4) is 0 Å². The first-order valence-electron chi connectivity index (χ1n) is 8.39. The van der Waals surface area contributed by atoms with Crippen molar-refractivity contribution in [2.45, 2.75) is 18.8 Å². The Labute approximate surface area is 162 Å². The van der Waals surface area contributed by atoms with Crippen molar-refractivity contribution in [2.75, 3.05) is 12.3 Å². The average molecular weight is 386 g/mol. The molecule has 3 rings (SSSR count). The molecule has 1 atom stereocenters. The van der Waals surface area contributed by atoms with Crippen LogP contribution in [0, 0.1) is 0 Å². The van der Waals surface area contributed by atoms with E-state index in [1.807, 2.05) is 60.0 Å². The number of nitrogens with two attached hydrogens (primary N) is 1. The summed E-state index contributed by atoms with van der Waals surface area (Å²) in [5.74, 6) is -0.0956. The van der Waals surface area contributed by atoms with E-state index >= 15 is 0 Å². The predicted molar refractivity (Wildman–Crippen MR) is 108 cm³/mol. The minimum absolute atomic E-state index is 0.0121. The highest BCUT2D eigenvalue weighted by Gasteiger charge is 2.20. The van der Waals surface area contributed by atoms with Gasteiger partial charge < -0.3 is 11.1 Å². The van der Waals surface area contributed by atoms with Gasteiger partial charge in [0, 0.05) is 35.7 Å². The van der Waals surface area contributed by atoms with E-state index in [1.54, 1.807) is 0 Å².